The second-order valence-electron chi connectivity index (χ2n) is 12.3. The van der Waals surface area contributed by atoms with E-state index in [0.29, 0.717) is 36.8 Å². The first kappa shape index (κ1) is 36.7. The Balaban J connectivity index is 1.27. The van der Waals surface area contributed by atoms with Crippen molar-refractivity contribution in [2.75, 3.05) is 7.11 Å². The molecular formula is C41H42N2O8. The third kappa shape index (κ3) is 10.00. The largest absolute Gasteiger partial charge is 0.507 e. The number of methoxy groups -OCH3 is 1. The minimum Gasteiger partial charge on any atom is -0.507 e. The Morgan fingerprint density at radius 3 is 2.22 bits per heavy atom. The van der Waals surface area contributed by atoms with E-state index in [4.69, 9.17) is 18.6 Å². The van der Waals surface area contributed by atoms with Crippen molar-refractivity contribution in [3.63, 3.8) is 0 Å². The summed E-state index contributed by atoms with van der Waals surface area (Å²) in [5, 5.41) is 10.3. The molecule has 4 atom stereocenters. The van der Waals surface area contributed by atoms with Crippen LogP contribution in [-0.2, 0) is 38.6 Å². The van der Waals surface area contributed by atoms with Gasteiger partial charge < -0.3 is 28.7 Å². The van der Waals surface area contributed by atoms with Crippen molar-refractivity contribution in [2.24, 2.45) is 11.8 Å². The molecule has 10 heteroatoms. The summed E-state index contributed by atoms with van der Waals surface area (Å²) in [4.78, 5) is 46.0. The summed E-state index contributed by atoms with van der Waals surface area (Å²) in [5.74, 6) is -1.70. The van der Waals surface area contributed by atoms with Gasteiger partial charge in [-0.15, -0.1) is 0 Å². The molecule has 5 aromatic rings. The molecular weight excluding hydrogens is 648 g/mol. The van der Waals surface area contributed by atoms with Crippen LogP contribution in [0.5, 0.6) is 5.75 Å². The Morgan fingerprint density at radius 2 is 1.57 bits per heavy atom. The van der Waals surface area contributed by atoms with Gasteiger partial charge >= 0.3 is 5.97 Å². The number of aromatic nitrogens is 2. The van der Waals surface area contributed by atoms with Crippen LogP contribution in [0.25, 0.3) is 11.1 Å². The lowest BCUT2D eigenvalue weighted by Crippen LogP contribution is -2.33. The number of hydrogen-bond acceptors (Lipinski definition) is 9. The van der Waals surface area contributed by atoms with Crippen LogP contribution in [0, 0.1) is 11.8 Å². The molecule has 3 aromatic carbocycles. The molecule has 0 saturated heterocycles. The number of aromatic amines is 1. The summed E-state index contributed by atoms with van der Waals surface area (Å²) in [5.41, 5.74) is 2.91. The highest BCUT2D eigenvalue weighted by molar-refractivity contribution is 6.04. The predicted octanol–water partition coefficient (Wildman–Crippen LogP) is 7.59. The number of nitrogens with zero attached hydrogens (tertiary/aromatic N) is 1. The zero-order valence-corrected chi connectivity index (χ0v) is 28.9. The fourth-order valence-corrected chi connectivity index (χ4v) is 5.76. The van der Waals surface area contributed by atoms with E-state index in [9.17, 15) is 19.5 Å². The number of esters is 1. The summed E-state index contributed by atoms with van der Waals surface area (Å²) < 4.78 is 23.3. The van der Waals surface area contributed by atoms with Crippen molar-refractivity contribution in [3.05, 3.63) is 144 Å². The first-order chi connectivity index (χ1) is 24.7. The number of aromatic hydroxyl groups is 1. The Hall–Kier alpha value is -5.58. The number of benzene rings is 3. The van der Waals surface area contributed by atoms with Crippen molar-refractivity contribution in [2.45, 2.75) is 52.1 Å². The standard InChI is InChI=1S/C41H42N2O8/c1-27(40(50-26-30-14-8-5-9-15-30)28(2)39(46)33-18-11-23-42-33)19-20-31(44)16-10-17-32(49-25-29-12-6-4-7-13-29)24-36-43-38-35(51-36)22-21-34(45)37(38)41(47)48-3/h4-16,18-23,27-28,32,40,42,45H,17,24-26H2,1-3H3/b16-10+,20-19+/t27-,28-,32+,40+/m1/s1. The number of allylic oxidation sites excluding steroid dienone is 2. The number of ketones is 2. The van der Waals surface area contributed by atoms with Crippen LogP contribution in [0.2, 0.25) is 0 Å². The van der Waals surface area contributed by atoms with Gasteiger partial charge in [0.25, 0.3) is 0 Å². The number of carbonyl (C=O) groups excluding carboxylic acids is 3. The quantitative estimate of drug-likeness (QED) is 0.0541. The molecule has 2 aromatic heterocycles. The molecule has 0 bridgehead atoms. The lowest BCUT2D eigenvalue weighted by atomic mass is 9.88. The molecule has 0 unspecified atom stereocenters. The molecule has 51 heavy (non-hydrogen) atoms. The average Bonchev–Trinajstić information content (AvgIpc) is 3.84. The third-order valence-electron chi connectivity index (χ3n) is 8.52. The number of phenols is 1. The second kappa shape index (κ2) is 17.9. The smallest absolute Gasteiger partial charge is 0.344 e. The molecule has 2 N–H and O–H groups in total. The van der Waals surface area contributed by atoms with E-state index in [2.05, 4.69) is 9.97 Å². The predicted molar refractivity (Wildman–Crippen MR) is 192 cm³/mol. The van der Waals surface area contributed by atoms with Crippen LogP contribution in [0.3, 0.4) is 0 Å². The van der Waals surface area contributed by atoms with Crippen LogP contribution in [-0.4, -0.2) is 51.9 Å². The number of nitrogens with one attached hydrogen (secondary N) is 1. The van der Waals surface area contributed by atoms with Crippen LogP contribution >= 0.6 is 0 Å². The van der Waals surface area contributed by atoms with Crippen LogP contribution in [0.15, 0.2) is 120 Å². The van der Waals surface area contributed by atoms with Gasteiger partial charge in [-0.1, -0.05) is 86.7 Å². The molecule has 0 aliphatic heterocycles. The minimum absolute atomic E-state index is 0.0663. The number of phenolic OH excluding ortho intramolecular Hbond substituents is 1. The molecule has 264 valence electrons. The zero-order chi connectivity index (χ0) is 36.2. The van der Waals surface area contributed by atoms with Crippen LogP contribution in [0.1, 0.15) is 58.1 Å². The molecule has 0 radical (unpaired) electrons. The fraction of sp³-hybridized carbons (Fsp3) is 0.268. The minimum atomic E-state index is -0.728. The first-order valence-electron chi connectivity index (χ1n) is 16.8. The van der Waals surface area contributed by atoms with Crippen LogP contribution < -0.4 is 0 Å². The van der Waals surface area contributed by atoms with E-state index in [-0.39, 0.29) is 40.7 Å². The number of H-pyrrole nitrogens is 1. The maximum absolute atomic E-state index is 13.2. The molecule has 0 aliphatic rings. The number of Topliss-reactive ketones (excluding diaryl/α,β-unsaturated/α-hetero) is 1. The van der Waals surface area contributed by atoms with Crippen molar-refractivity contribution in [3.8, 4) is 5.75 Å². The van der Waals surface area contributed by atoms with Gasteiger partial charge in [0, 0.05) is 18.0 Å². The highest BCUT2D eigenvalue weighted by Gasteiger charge is 2.30. The monoisotopic (exact) mass is 690 g/mol. The summed E-state index contributed by atoms with van der Waals surface area (Å²) in [7, 11) is 1.23. The SMILES string of the molecule is COC(=O)c1c(O)ccc2oc(C[C@H](C/C=C/C(=O)/C=C/[C@@H](C)[C@H](OCc3ccccc3)[C@H](C)C(=O)c3ccc[nH]3)OCc3ccccc3)nc12. The van der Waals surface area contributed by atoms with E-state index < -0.39 is 24.1 Å². The van der Waals surface area contributed by atoms with Gasteiger partial charge in [-0.25, -0.2) is 9.78 Å². The van der Waals surface area contributed by atoms with E-state index in [1.807, 2.05) is 74.5 Å². The van der Waals surface area contributed by atoms with Gasteiger partial charge in [0.15, 0.2) is 23.0 Å². The molecule has 0 saturated carbocycles. The Bertz CT molecular complexity index is 1950. The number of carbonyl (C=O) groups is 3. The topological polar surface area (TPSA) is 141 Å². The van der Waals surface area contributed by atoms with Gasteiger partial charge in [0.1, 0.15) is 16.8 Å². The first-order valence-corrected chi connectivity index (χ1v) is 16.8. The van der Waals surface area contributed by atoms with Gasteiger partial charge in [0.2, 0.25) is 0 Å². The molecule has 0 fully saturated rings. The maximum atomic E-state index is 13.2. The van der Waals surface area contributed by atoms with Crippen molar-refractivity contribution >= 4 is 28.6 Å². The van der Waals surface area contributed by atoms with Gasteiger partial charge in [0.05, 0.1) is 44.6 Å². The molecule has 2 heterocycles. The lowest BCUT2D eigenvalue weighted by molar-refractivity contribution is -0.110. The number of oxazole rings is 1. The highest BCUT2D eigenvalue weighted by atomic mass is 16.5. The van der Waals surface area contributed by atoms with Gasteiger partial charge in [-0.3, -0.25) is 9.59 Å². The molecule has 0 aliphatic carbocycles. The molecule has 10 nitrogen and oxygen atoms in total. The normalized spacial score (nSPS) is 14.1. The van der Waals surface area contributed by atoms with Crippen molar-refractivity contribution in [1.82, 2.24) is 9.97 Å². The second-order valence-corrected chi connectivity index (χ2v) is 12.3. The highest BCUT2D eigenvalue weighted by Crippen LogP contribution is 2.29. The van der Waals surface area contributed by atoms with Crippen molar-refractivity contribution in [1.29, 1.82) is 0 Å². The number of hydrogen-bond donors (Lipinski definition) is 2. The van der Waals surface area contributed by atoms with Crippen molar-refractivity contribution < 1.29 is 38.1 Å². The third-order valence-corrected chi connectivity index (χ3v) is 8.52. The Kier molecular flexibility index (Phi) is 12.9. The number of rotatable bonds is 18. The summed E-state index contributed by atoms with van der Waals surface area (Å²) >= 11 is 0. The maximum Gasteiger partial charge on any atom is 0.344 e. The fourth-order valence-electron chi connectivity index (χ4n) is 5.76. The van der Waals surface area contributed by atoms with E-state index >= 15 is 0 Å². The van der Waals surface area contributed by atoms with E-state index in [1.165, 1.54) is 31.4 Å². The Morgan fingerprint density at radius 1 is 0.882 bits per heavy atom. The number of fused-ring (bicyclic) bond motifs is 1. The summed E-state index contributed by atoms with van der Waals surface area (Å²) in [6.45, 7) is 4.43. The lowest BCUT2D eigenvalue weighted by Gasteiger charge is -2.27. The van der Waals surface area contributed by atoms with E-state index in [1.54, 1.807) is 30.5 Å². The van der Waals surface area contributed by atoms with E-state index in [0.717, 1.165) is 11.1 Å². The Labute approximate surface area is 296 Å². The molecule has 0 spiro atoms. The van der Waals surface area contributed by atoms with Gasteiger partial charge in [-0.2, -0.15) is 0 Å². The van der Waals surface area contributed by atoms with Gasteiger partial charge in [-0.05, 0) is 54.0 Å². The molecule has 5 rings (SSSR count). The zero-order valence-electron chi connectivity index (χ0n) is 28.9. The molecule has 0 amide bonds. The summed E-state index contributed by atoms with van der Waals surface area (Å²) in [6.07, 6.45) is 7.88. The van der Waals surface area contributed by atoms with Crippen LogP contribution in [0.4, 0.5) is 0 Å². The summed E-state index contributed by atoms with van der Waals surface area (Å²) in [6, 6.07) is 25.8. The number of ether oxygens (including phenoxy) is 3. The average molecular weight is 691 g/mol.